The molecule has 0 radical (unpaired) electrons. The van der Waals surface area contributed by atoms with Crippen LogP contribution in [0.25, 0.3) is 22.5 Å². The molecule has 0 saturated carbocycles. The second-order valence-corrected chi connectivity index (χ2v) is 9.45. The van der Waals surface area contributed by atoms with Gasteiger partial charge in [-0.1, -0.05) is 35.4 Å². The number of hydrogen-bond acceptors (Lipinski definition) is 4. The Bertz CT molecular complexity index is 1540. The molecule has 4 nitrogen and oxygen atoms in total. The van der Waals surface area contributed by atoms with Gasteiger partial charge < -0.3 is 19.9 Å². The number of pyridine rings is 4. The predicted octanol–water partition coefficient (Wildman–Crippen LogP) is 8.60. The Balaban J connectivity index is 0.00000529. The molecule has 0 fully saturated rings. The fourth-order valence-corrected chi connectivity index (χ4v) is 3.90. The van der Waals surface area contributed by atoms with E-state index in [0.717, 1.165) is 12.1 Å². The van der Waals surface area contributed by atoms with Crippen LogP contribution in [0.15, 0.2) is 48.5 Å². The van der Waals surface area contributed by atoms with Crippen LogP contribution >= 0.6 is 0 Å². The van der Waals surface area contributed by atoms with Crippen molar-refractivity contribution in [1.29, 1.82) is 0 Å². The first kappa shape index (κ1) is 34.9. The van der Waals surface area contributed by atoms with Crippen LogP contribution in [0.2, 0.25) is 0 Å². The van der Waals surface area contributed by atoms with E-state index in [0.29, 0.717) is 0 Å². The largest absolute Gasteiger partial charge is 2.00 e. The van der Waals surface area contributed by atoms with Gasteiger partial charge in [-0.25, -0.2) is 0 Å². The van der Waals surface area contributed by atoms with Gasteiger partial charge in [0, 0.05) is 16.8 Å². The molecule has 0 aliphatic carbocycles. The van der Waals surface area contributed by atoms with E-state index >= 15 is 0 Å². The monoisotopic (exact) mass is 817 g/mol. The predicted molar refractivity (Wildman–Crippen MR) is 125 cm³/mol. The third kappa shape index (κ3) is 7.21. The smallest absolute Gasteiger partial charge is 0.335 e. The summed E-state index contributed by atoms with van der Waals surface area (Å²) >= 11 is 0. The van der Waals surface area contributed by atoms with Crippen LogP contribution in [-0.2, 0) is 51.2 Å². The van der Waals surface area contributed by atoms with Crippen LogP contribution < -0.4 is 0 Å². The van der Waals surface area contributed by atoms with E-state index in [1.165, 1.54) is 38.1 Å². The molecule has 0 saturated heterocycles. The summed E-state index contributed by atoms with van der Waals surface area (Å²) in [6.07, 6.45) is -21.0. The van der Waals surface area contributed by atoms with Gasteiger partial charge in [0.2, 0.25) is 0 Å². The summed E-state index contributed by atoms with van der Waals surface area (Å²) in [5, 5.41) is 0. The van der Waals surface area contributed by atoms with Crippen molar-refractivity contribution in [2.75, 3.05) is 0 Å². The van der Waals surface area contributed by atoms with Crippen LogP contribution in [0.4, 0.5) is 52.7 Å². The molecule has 236 valence electrons. The Hall–Kier alpha value is -3.55. The van der Waals surface area contributed by atoms with Crippen LogP contribution in [0, 0.1) is 12.1 Å². The van der Waals surface area contributed by atoms with E-state index in [4.69, 9.17) is 0 Å². The van der Waals surface area contributed by atoms with Gasteiger partial charge >= 0.3 is 45.8 Å². The molecule has 0 aliphatic rings. The summed E-state index contributed by atoms with van der Waals surface area (Å²) in [6.45, 7) is 2.90. The number of alkyl halides is 12. The molecule has 4 rings (SSSR count). The van der Waals surface area contributed by atoms with Crippen molar-refractivity contribution in [3.05, 3.63) is 94.8 Å². The van der Waals surface area contributed by atoms with E-state index in [-0.39, 0.29) is 44.6 Å². The summed E-state index contributed by atoms with van der Waals surface area (Å²) < 4.78 is 160. The van der Waals surface area contributed by atoms with E-state index in [1.807, 2.05) is 12.1 Å². The molecule has 0 atom stereocenters. The van der Waals surface area contributed by atoms with Crippen molar-refractivity contribution >= 4 is 0 Å². The van der Waals surface area contributed by atoms with Gasteiger partial charge in [-0.2, -0.15) is 52.7 Å². The Kier molecular flexibility index (Phi) is 9.33. The van der Waals surface area contributed by atoms with Crippen LogP contribution in [0.3, 0.4) is 0 Å². The zero-order valence-electron chi connectivity index (χ0n) is 21.8. The van der Waals surface area contributed by atoms with Gasteiger partial charge in [0.1, 0.15) is 0 Å². The minimum absolute atomic E-state index is 0. The molecule has 4 aromatic rings. The molecule has 17 heteroatoms. The average Bonchev–Trinajstić information content (AvgIpc) is 2.90. The number of hydrogen-bond donors (Lipinski definition) is 0. The van der Waals surface area contributed by atoms with Gasteiger partial charge in [-0.3, -0.25) is 0 Å². The normalized spacial score (nSPS) is 13.0. The molecule has 0 aliphatic heterocycles. The molecule has 0 N–H and O–H groups in total. The minimum Gasteiger partial charge on any atom is -0.335 e. The third-order valence-corrected chi connectivity index (χ3v) is 6.05. The maximum Gasteiger partial charge on any atom is 2.00 e. The summed E-state index contributed by atoms with van der Waals surface area (Å²) in [5.74, 6) is 0. The molecular weight excluding hydrogens is 803 g/mol. The first-order chi connectivity index (χ1) is 19.6. The molecule has 0 aromatic carbocycles. The summed E-state index contributed by atoms with van der Waals surface area (Å²) in [4.78, 5) is 13.7. The van der Waals surface area contributed by atoms with Gasteiger partial charge in [-0.15, -0.1) is 24.3 Å². The molecule has 4 heterocycles. The van der Waals surface area contributed by atoms with Gasteiger partial charge in [0.15, 0.2) is 0 Å². The van der Waals surface area contributed by atoms with Crippen molar-refractivity contribution in [1.82, 2.24) is 19.9 Å². The minimum atomic E-state index is -5.32. The number of nitrogens with zero attached hydrogens (tertiary/aromatic N) is 4. The van der Waals surface area contributed by atoms with E-state index in [9.17, 15) is 52.7 Å². The zero-order valence-corrected chi connectivity index (χ0v) is 24.0. The van der Waals surface area contributed by atoms with Crippen LogP contribution in [0.5, 0.6) is 0 Å². The second-order valence-electron chi connectivity index (χ2n) is 9.45. The van der Waals surface area contributed by atoms with E-state index < -0.39 is 75.4 Å². The quantitative estimate of drug-likeness (QED) is 0.153. The Morgan fingerprint density at radius 1 is 0.477 bits per heavy atom. The van der Waals surface area contributed by atoms with E-state index in [1.54, 1.807) is 0 Å². The zero-order chi connectivity index (χ0) is 32.2. The molecule has 0 amide bonds. The molecule has 4 aromatic heterocycles. The maximum absolute atomic E-state index is 13.7. The van der Waals surface area contributed by atoms with Crippen LogP contribution in [0.1, 0.15) is 48.0 Å². The fraction of sp³-hybridized carbons (Fsp3) is 0.259. The summed E-state index contributed by atoms with van der Waals surface area (Å²) in [5.41, 5.74) is -11.5. The molecule has 44 heavy (non-hydrogen) atoms. The average molecular weight is 817 g/mol. The SMILES string of the molecule is CC(C)(c1cccc(-c2[c-]cc(C(F)(F)F)nc2C(F)(F)F)n1)c1cccc(-c2[c-]cc(C(F)(F)F)nc2C(F)(F)F)n1.[Pt+2]. The van der Waals surface area contributed by atoms with Crippen molar-refractivity contribution in [2.24, 2.45) is 0 Å². The molecular formula is C27H14F12N4Pt. The Morgan fingerprint density at radius 3 is 1.11 bits per heavy atom. The van der Waals surface area contributed by atoms with Crippen molar-refractivity contribution < 1.29 is 73.8 Å². The van der Waals surface area contributed by atoms with Crippen LogP contribution in [-0.4, -0.2) is 19.9 Å². The summed E-state index contributed by atoms with van der Waals surface area (Å²) in [7, 11) is 0. The number of aromatic nitrogens is 4. The summed E-state index contributed by atoms with van der Waals surface area (Å²) in [6, 6.07) is 11.6. The number of halogens is 12. The molecule has 0 bridgehead atoms. The second kappa shape index (κ2) is 11.8. The van der Waals surface area contributed by atoms with Crippen molar-refractivity contribution in [2.45, 2.75) is 44.0 Å². The topological polar surface area (TPSA) is 51.6 Å². The maximum atomic E-state index is 13.7. The van der Waals surface area contributed by atoms with Crippen molar-refractivity contribution in [3.63, 3.8) is 0 Å². The third-order valence-electron chi connectivity index (χ3n) is 6.05. The van der Waals surface area contributed by atoms with Crippen molar-refractivity contribution in [3.8, 4) is 22.5 Å². The van der Waals surface area contributed by atoms with Gasteiger partial charge in [0.25, 0.3) is 0 Å². The first-order valence-electron chi connectivity index (χ1n) is 11.7. The molecule has 0 unspecified atom stereocenters. The fourth-order valence-electron chi connectivity index (χ4n) is 3.90. The Labute approximate surface area is 254 Å². The van der Waals surface area contributed by atoms with Gasteiger partial charge in [0.05, 0.1) is 22.8 Å². The molecule has 0 spiro atoms. The number of rotatable bonds is 4. The Morgan fingerprint density at radius 2 is 0.818 bits per heavy atom. The first-order valence-corrected chi connectivity index (χ1v) is 11.7. The van der Waals surface area contributed by atoms with E-state index in [2.05, 4.69) is 19.9 Å². The van der Waals surface area contributed by atoms with Gasteiger partial charge in [-0.05, 0) is 37.4 Å². The standard InChI is InChI=1S/C27H14F12N4.Pt/c1-23(2,17-7-3-5-15(40-17)13-9-11-19(24(28,29)30)42-21(13)26(34,35)36)18-8-4-6-16(41-18)14-10-12-20(25(31,32)33)43-22(14)27(37,38)39;/h3-8,11-12H,1-2H3;/q-2;+2.